The van der Waals surface area contributed by atoms with Crippen LogP contribution in [0.15, 0.2) is 67.0 Å². The second-order valence-corrected chi connectivity index (χ2v) is 6.45. The van der Waals surface area contributed by atoms with E-state index < -0.39 is 0 Å². The first-order valence-electron chi connectivity index (χ1n) is 7.58. The van der Waals surface area contributed by atoms with E-state index in [9.17, 15) is 4.39 Å². The van der Waals surface area contributed by atoms with Gasteiger partial charge in [-0.2, -0.15) is 0 Å². The molecule has 0 atom stereocenters. The van der Waals surface area contributed by atoms with Crippen LogP contribution in [0.4, 0.5) is 10.2 Å². The number of benzene rings is 2. The average molecular weight is 335 g/mol. The van der Waals surface area contributed by atoms with Crippen LogP contribution in [0.1, 0.15) is 5.56 Å². The molecule has 1 N–H and O–H groups in total. The highest BCUT2D eigenvalue weighted by molar-refractivity contribution is 7.22. The number of rotatable bonds is 4. The van der Waals surface area contributed by atoms with E-state index in [1.807, 2.05) is 18.2 Å². The van der Waals surface area contributed by atoms with E-state index >= 15 is 0 Å². The molecule has 0 aliphatic heterocycles. The molecule has 0 aliphatic rings. The summed E-state index contributed by atoms with van der Waals surface area (Å²) in [6.07, 6.45) is 1.57. The third kappa shape index (κ3) is 2.98. The number of anilines is 1. The van der Waals surface area contributed by atoms with Gasteiger partial charge in [0.05, 0.1) is 10.2 Å². The van der Waals surface area contributed by atoms with Gasteiger partial charge < -0.3 is 5.32 Å². The second kappa shape index (κ2) is 6.37. The molecule has 4 rings (SSSR count). The largest absolute Gasteiger partial charge is 0.365 e. The fraction of sp³-hybridized carbons (Fsp3) is 0.0526. The Balaban J connectivity index is 1.63. The van der Waals surface area contributed by atoms with Crippen molar-refractivity contribution in [1.82, 2.24) is 9.97 Å². The predicted molar refractivity (Wildman–Crippen MR) is 96.6 cm³/mol. The molecular formula is C19H14FN3S. The molecule has 0 unspecified atom stereocenters. The zero-order valence-electron chi connectivity index (χ0n) is 12.7. The van der Waals surface area contributed by atoms with Crippen LogP contribution in [-0.2, 0) is 6.54 Å². The molecule has 0 fully saturated rings. The molecule has 2 heterocycles. The minimum atomic E-state index is -0.228. The van der Waals surface area contributed by atoms with Gasteiger partial charge in [0.2, 0.25) is 0 Å². The molecule has 0 amide bonds. The Morgan fingerprint density at radius 2 is 1.75 bits per heavy atom. The van der Waals surface area contributed by atoms with Crippen molar-refractivity contribution in [2.24, 2.45) is 0 Å². The van der Waals surface area contributed by atoms with Gasteiger partial charge in [-0.1, -0.05) is 42.5 Å². The van der Waals surface area contributed by atoms with Gasteiger partial charge in [0.1, 0.15) is 18.0 Å². The Bertz CT molecular complexity index is 965. The van der Waals surface area contributed by atoms with Crippen LogP contribution >= 0.6 is 11.3 Å². The van der Waals surface area contributed by atoms with E-state index in [0.717, 1.165) is 26.5 Å². The van der Waals surface area contributed by atoms with Gasteiger partial charge in [-0.25, -0.2) is 14.4 Å². The lowest BCUT2D eigenvalue weighted by Crippen LogP contribution is -2.01. The monoisotopic (exact) mass is 335 g/mol. The van der Waals surface area contributed by atoms with Crippen molar-refractivity contribution in [1.29, 1.82) is 0 Å². The number of fused-ring (bicyclic) bond motifs is 1. The van der Waals surface area contributed by atoms with Crippen molar-refractivity contribution >= 4 is 27.4 Å². The van der Waals surface area contributed by atoms with E-state index in [1.165, 1.54) is 17.7 Å². The number of hydrogen-bond donors (Lipinski definition) is 1. The number of nitrogens with zero attached hydrogens (tertiary/aromatic N) is 2. The first-order valence-corrected chi connectivity index (χ1v) is 8.39. The van der Waals surface area contributed by atoms with Gasteiger partial charge in [0.15, 0.2) is 0 Å². The van der Waals surface area contributed by atoms with Crippen molar-refractivity contribution in [3.63, 3.8) is 0 Å². The number of hydrogen-bond acceptors (Lipinski definition) is 4. The highest BCUT2D eigenvalue weighted by atomic mass is 32.1. The molecule has 0 bridgehead atoms. The molecule has 2 aromatic heterocycles. The van der Waals surface area contributed by atoms with Crippen molar-refractivity contribution < 1.29 is 4.39 Å². The van der Waals surface area contributed by atoms with E-state index in [4.69, 9.17) is 0 Å². The van der Waals surface area contributed by atoms with Gasteiger partial charge in [-0.15, -0.1) is 11.3 Å². The molecule has 3 nitrogen and oxygen atoms in total. The van der Waals surface area contributed by atoms with Crippen LogP contribution in [0.2, 0.25) is 0 Å². The molecule has 0 saturated carbocycles. The number of thiophene rings is 1. The summed E-state index contributed by atoms with van der Waals surface area (Å²) in [6.45, 7) is 0.588. The summed E-state index contributed by atoms with van der Waals surface area (Å²) in [5.41, 5.74) is 3.10. The Morgan fingerprint density at radius 1 is 0.958 bits per heavy atom. The zero-order chi connectivity index (χ0) is 16.4. The number of halogens is 1. The molecule has 5 heteroatoms. The third-order valence-electron chi connectivity index (χ3n) is 3.74. The van der Waals surface area contributed by atoms with Crippen molar-refractivity contribution in [2.75, 3.05) is 5.32 Å². The van der Waals surface area contributed by atoms with Crippen LogP contribution < -0.4 is 5.32 Å². The summed E-state index contributed by atoms with van der Waals surface area (Å²) in [4.78, 5) is 9.89. The minimum absolute atomic E-state index is 0.228. The molecule has 2 aromatic carbocycles. The molecule has 118 valence electrons. The highest BCUT2D eigenvalue weighted by Crippen LogP contribution is 2.35. The van der Waals surface area contributed by atoms with E-state index in [0.29, 0.717) is 6.54 Å². The Hall–Kier alpha value is -2.79. The second-order valence-electron chi connectivity index (χ2n) is 5.39. The smallest absolute Gasteiger partial charge is 0.147 e. The van der Waals surface area contributed by atoms with E-state index in [1.54, 1.807) is 29.8 Å². The summed E-state index contributed by atoms with van der Waals surface area (Å²) < 4.78 is 14.0. The summed E-state index contributed by atoms with van der Waals surface area (Å²) in [6, 6.07) is 18.8. The topological polar surface area (TPSA) is 37.8 Å². The van der Waals surface area contributed by atoms with Crippen LogP contribution in [0.25, 0.3) is 20.7 Å². The first-order chi connectivity index (χ1) is 11.8. The normalized spacial score (nSPS) is 10.9. The Morgan fingerprint density at radius 3 is 2.54 bits per heavy atom. The molecule has 0 spiro atoms. The van der Waals surface area contributed by atoms with Crippen molar-refractivity contribution in [2.45, 2.75) is 6.54 Å². The summed E-state index contributed by atoms with van der Waals surface area (Å²) in [5, 5.41) is 3.33. The average Bonchev–Trinajstić information content (AvgIpc) is 3.07. The molecular weight excluding hydrogens is 321 g/mol. The minimum Gasteiger partial charge on any atom is -0.365 e. The summed E-state index contributed by atoms with van der Waals surface area (Å²) >= 11 is 1.67. The van der Waals surface area contributed by atoms with Crippen molar-refractivity contribution in [3.8, 4) is 10.4 Å². The van der Waals surface area contributed by atoms with Crippen molar-refractivity contribution in [3.05, 3.63) is 78.4 Å². The van der Waals surface area contributed by atoms with Gasteiger partial charge in [0.25, 0.3) is 0 Å². The number of nitrogens with one attached hydrogen (secondary N) is 1. The standard InChI is InChI=1S/C19H14FN3S/c20-15-8-6-13(7-9-15)11-21-19-18-16(22-12-23-19)10-17(24-18)14-4-2-1-3-5-14/h1-10,12H,11H2,(H,21,22,23). The van der Waals surface area contributed by atoms with E-state index in [2.05, 4.69) is 33.5 Å². The lowest BCUT2D eigenvalue weighted by Gasteiger charge is -2.06. The fourth-order valence-corrected chi connectivity index (χ4v) is 3.60. The van der Waals surface area contributed by atoms with Crippen LogP contribution in [0.5, 0.6) is 0 Å². The first kappa shape index (κ1) is 14.8. The Labute approximate surface area is 142 Å². The molecule has 0 aliphatic carbocycles. The third-order valence-corrected chi connectivity index (χ3v) is 4.92. The summed E-state index contributed by atoms with van der Waals surface area (Å²) in [5.74, 6) is 0.574. The molecule has 0 saturated heterocycles. The highest BCUT2D eigenvalue weighted by Gasteiger charge is 2.10. The molecule has 24 heavy (non-hydrogen) atoms. The van der Waals surface area contributed by atoms with Gasteiger partial charge in [0, 0.05) is 11.4 Å². The predicted octanol–water partition coefficient (Wildman–Crippen LogP) is 5.11. The fourth-order valence-electron chi connectivity index (χ4n) is 2.51. The zero-order valence-corrected chi connectivity index (χ0v) is 13.6. The molecule has 4 aromatic rings. The van der Waals surface area contributed by atoms with Crippen LogP contribution in [0, 0.1) is 5.82 Å². The Kier molecular flexibility index (Phi) is 3.92. The SMILES string of the molecule is Fc1ccc(CNc2ncnc3cc(-c4ccccc4)sc23)cc1. The quantitative estimate of drug-likeness (QED) is 0.563. The van der Waals surface area contributed by atoms with Crippen LogP contribution in [-0.4, -0.2) is 9.97 Å². The lowest BCUT2D eigenvalue weighted by atomic mass is 10.2. The summed E-state index contributed by atoms with van der Waals surface area (Å²) in [7, 11) is 0. The van der Waals surface area contributed by atoms with Crippen LogP contribution in [0.3, 0.4) is 0 Å². The molecule has 0 radical (unpaired) electrons. The lowest BCUT2D eigenvalue weighted by molar-refractivity contribution is 0.627. The maximum atomic E-state index is 13.0. The van der Waals surface area contributed by atoms with Gasteiger partial charge in [-0.3, -0.25) is 0 Å². The van der Waals surface area contributed by atoms with Gasteiger partial charge >= 0.3 is 0 Å². The maximum absolute atomic E-state index is 13.0. The number of aromatic nitrogens is 2. The van der Waals surface area contributed by atoms with E-state index in [-0.39, 0.29) is 5.82 Å². The van der Waals surface area contributed by atoms with Gasteiger partial charge in [-0.05, 0) is 29.3 Å². The maximum Gasteiger partial charge on any atom is 0.147 e.